The fraction of sp³-hybridized carbons (Fsp3) is 0.625. The van der Waals surface area contributed by atoms with E-state index in [0.29, 0.717) is 80.7 Å². The van der Waals surface area contributed by atoms with Gasteiger partial charge >= 0.3 is 0 Å². The molecule has 0 fully saturated rings. The van der Waals surface area contributed by atoms with Gasteiger partial charge in [-0.05, 0) is 12.7 Å². The fourth-order valence-corrected chi connectivity index (χ4v) is 2.76. The molecule has 0 aliphatic heterocycles. The van der Waals surface area contributed by atoms with Crippen LogP contribution in [0.1, 0.15) is 13.8 Å². The highest BCUT2D eigenvalue weighted by Crippen LogP contribution is 2.16. The van der Waals surface area contributed by atoms with Gasteiger partial charge in [0.05, 0.1) is 0 Å². The predicted molar refractivity (Wildman–Crippen MR) is 122 cm³/mol. The standard InChI is InChI=1S/C16H31N13S/c1-3-19-11-24-12(20-7-5-17)26-13(25-11)22-9-10-23-15-27-14(21-8-6-18)28-16(29-15)30-4-2/h3-10,17-18H2,1-2H3,(H2,21,23,27,28,29)(H3,19,20,22,24,25,26). The van der Waals surface area contributed by atoms with E-state index < -0.39 is 0 Å². The van der Waals surface area contributed by atoms with Crippen molar-refractivity contribution >= 4 is 41.5 Å². The van der Waals surface area contributed by atoms with E-state index in [1.165, 1.54) is 0 Å². The lowest BCUT2D eigenvalue weighted by molar-refractivity contribution is 0.878. The largest absolute Gasteiger partial charge is 0.354 e. The first-order valence-corrected chi connectivity index (χ1v) is 10.9. The lowest BCUT2D eigenvalue weighted by atomic mass is 10.6. The lowest BCUT2D eigenvalue weighted by Crippen LogP contribution is -2.20. The van der Waals surface area contributed by atoms with E-state index >= 15 is 0 Å². The van der Waals surface area contributed by atoms with Gasteiger partial charge in [0, 0.05) is 45.8 Å². The molecule has 0 aliphatic carbocycles. The van der Waals surface area contributed by atoms with Crippen LogP contribution < -0.4 is 38.1 Å². The molecular formula is C16H31N13S. The molecule has 30 heavy (non-hydrogen) atoms. The normalized spacial score (nSPS) is 10.5. The Morgan fingerprint density at radius 1 is 0.600 bits per heavy atom. The number of nitrogens with zero attached hydrogens (tertiary/aromatic N) is 6. The Hall–Kier alpha value is -2.71. The van der Waals surface area contributed by atoms with Crippen molar-refractivity contribution in [3.05, 3.63) is 0 Å². The van der Waals surface area contributed by atoms with Crippen molar-refractivity contribution in [2.75, 3.05) is 78.2 Å². The molecule has 0 bridgehead atoms. The molecule has 0 unspecified atom stereocenters. The van der Waals surface area contributed by atoms with Gasteiger partial charge in [-0.2, -0.15) is 29.9 Å². The number of hydrogen-bond acceptors (Lipinski definition) is 14. The molecule has 0 radical (unpaired) electrons. The monoisotopic (exact) mass is 437 g/mol. The van der Waals surface area contributed by atoms with Crippen LogP contribution in [-0.4, -0.2) is 81.5 Å². The molecule has 2 aromatic heterocycles. The van der Waals surface area contributed by atoms with Crippen molar-refractivity contribution in [1.82, 2.24) is 29.9 Å². The van der Waals surface area contributed by atoms with Crippen LogP contribution in [0.5, 0.6) is 0 Å². The summed E-state index contributed by atoms with van der Waals surface area (Å²) < 4.78 is 0. The predicted octanol–water partition coefficient (Wildman–Crippen LogP) is -0.134. The number of hydrogen-bond donors (Lipinski definition) is 7. The average molecular weight is 438 g/mol. The van der Waals surface area contributed by atoms with Gasteiger partial charge < -0.3 is 38.1 Å². The highest BCUT2D eigenvalue weighted by molar-refractivity contribution is 7.99. The molecule has 166 valence electrons. The third-order valence-electron chi connectivity index (χ3n) is 3.40. The molecule has 2 heterocycles. The summed E-state index contributed by atoms with van der Waals surface area (Å²) in [5.74, 6) is 3.30. The summed E-state index contributed by atoms with van der Waals surface area (Å²) in [6.45, 7) is 8.00. The molecule has 14 heteroatoms. The van der Waals surface area contributed by atoms with E-state index in [2.05, 4.69) is 56.5 Å². The van der Waals surface area contributed by atoms with Crippen LogP contribution in [0.4, 0.5) is 29.7 Å². The summed E-state index contributed by atoms with van der Waals surface area (Å²) in [6, 6.07) is 0. The van der Waals surface area contributed by atoms with E-state index in [-0.39, 0.29) is 0 Å². The van der Waals surface area contributed by atoms with Gasteiger partial charge in [-0.3, -0.25) is 0 Å². The minimum Gasteiger partial charge on any atom is -0.354 e. The van der Waals surface area contributed by atoms with Crippen LogP contribution in [0.15, 0.2) is 5.16 Å². The molecule has 2 rings (SSSR count). The zero-order chi connectivity index (χ0) is 21.6. The SMILES string of the molecule is CCNc1nc(NCCN)nc(NCCNc2nc(NCCN)nc(SCC)n2)n1. The Balaban J connectivity index is 1.94. The van der Waals surface area contributed by atoms with Crippen molar-refractivity contribution in [2.45, 2.75) is 19.0 Å². The second-order valence-corrected chi connectivity index (χ2v) is 7.05. The van der Waals surface area contributed by atoms with Crippen LogP contribution in [0.3, 0.4) is 0 Å². The van der Waals surface area contributed by atoms with Crippen molar-refractivity contribution in [3.8, 4) is 0 Å². The van der Waals surface area contributed by atoms with Gasteiger partial charge in [-0.1, -0.05) is 18.7 Å². The first-order chi connectivity index (χ1) is 14.7. The van der Waals surface area contributed by atoms with E-state index in [1.54, 1.807) is 11.8 Å². The van der Waals surface area contributed by atoms with Gasteiger partial charge in [0.1, 0.15) is 0 Å². The Labute approximate surface area is 180 Å². The summed E-state index contributed by atoms with van der Waals surface area (Å²) >= 11 is 1.55. The molecule has 0 spiro atoms. The second-order valence-electron chi connectivity index (χ2n) is 5.82. The van der Waals surface area contributed by atoms with Crippen molar-refractivity contribution < 1.29 is 0 Å². The molecule has 0 aromatic carbocycles. The summed E-state index contributed by atoms with van der Waals surface area (Å²) in [4.78, 5) is 26.2. The second kappa shape index (κ2) is 13.5. The van der Waals surface area contributed by atoms with E-state index in [4.69, 9.17) is 11.5 Å². The number of anilines is 5. The van der Waals surface area contributed by atoms with E-state index in [0.717, 1.165) is 5.75 Å². The third-order valence-corrected chi connectivity index (χ3v) is 4.13. The topological polar surface area (TPSA) is 190 Å². The molecule has 0 atom stereocenters. The number of aromatic nitrogens is 6. The maximum Gasteiger partial charge on any atom is 0.229 e. The minimum absolute atomic E-state index is 0.463. The van der Waals surface area contributed by atoms with E-state index in [1.807, 2.05) is 13.8 Å². The number of nitrogens with two attached hydrogens (primary N) is 2. The van der Waals surface area contributed by atoms with Gasteiger partial charge in [-0.15, -0.1) is 0 Å². The number of rotatable bonds is 15. The van der Waals surface area contributed by atoms with Crippen LogP contribution in [-0.2, 0) is 0 Å². The summed E-state index contributed by atoms with van der Waals surface area (Å²) in [7, 11) is 0. The lowest BCUT2D eigenvalue weighted by Gasteiger charge is -2.11. The Morgan fingerprint density at radius 2 is 1.00 bits per heavy atom. The van der Waals surface area contributed by atoms with Crippen LogP contribution in [0, 0.1) is 0 Å². The Kier molecular flexibility index (Phi) is 10.6. The zero-order valence-electron chi connectivity index (χ0n) is 17.4. The van der Waals surface area contributed by atoms with Gasteiger partial charge in [-0.25, -0.2) is 0 Å². The van der Waals surface area contributed by atoms with Gasteiger partial charge in [0.25, 0.3) is 0 Å². The molecule has 0 amide bonds. The quantitative estimate of drug-likeness (QED) is 0.144. The molecule has 2 aromatic rings. The zero-order valence-corrected chi connectivity index (χ0v) is 18.2. The summed E-state index contributed by atoms with van der Waals surface area (Å²) in [5.41, 5.74) is 11.1. The Morgan fingerprint density at radius 3 is 1.40 bits per heavy atom. The maximum absolute atomic E-state index is 5.54. The Bertz CT molecular complexity index is 696. The van der Waals surface area contributed by atoms with Crippen LogP contribution >= 0.6 is 11.8 Å². The summed E-state index contributed by atoms with van der Waals surface area (Å²) in [5, 5.41) is 16.3. The fourth-order valence-electron chi connectivity index (χ4n) is 2.20. The smallest absolute Gasteiger partial charge is 0.229 e. The molecule has 0 saturated carbocycles. The first-order valence-electron chi connectivity index (χ1n) is 9.92. The van der Waals surface area contributed by atoms with Crippen molar-refractivity contribution in [1.29, 1.82) is 0 Å². The minimum atomic E-state index is 0.463. The maximum atomic E-state index is 5.54. The number of thioether (sulfide) groups is 1. The average Bonchev–Trinajstić information content (AvgIpc) is 2.74. The third kappa shape index (κ3) is 8.34. The van der Waals surface area contributed by atoms with Gasteiger partial charge in [0.15, 0.2) is 5.16 Å². The molecule has 0 aliphatic rings. The van der Waals surface area contributed by atoms with Crippen molar-refractivity contribution in [2.24, 2.45) is 11.5 Å². The van der Waals surface area contributed by atoms with Crippen molar-refractivity contribution in [3.63, 3.8) is 0 Å². The molecular weight excluding hydrogens is 406 g/mol. The first kappa shape index (κ1) is 23.6. The van der Waals surface area contributed by atoms with Crippen LogP contribution in [0.2, 0.25) is 0 Å². The summed E-state index contributed by atoms with van der Waals surface area (Å²) in [6.07, 6.45) is 0. The number of nitrogens with one attached hydrogen (secondary N) is 5. The van der Waals surface area contributed by atoms with Crippen LogP contribution in [0.25, 0.3) is 0 Å². The molecule has 13 nitrogen and oxygen atoms in total. The molecule has 0 saturated heterocycles. The highest BCUT2D eigenvalue weighted by atomic mass is 32.2. The van der Waals surface area contributed by atoms with E-state index in [9.17, 15) is 0 Å². The molecule has 9 N–H and O–H groups in total. The highest BCUT2D eigenvalue weighted by Gasteiger charge is 2.08. The van der Waals surface area contributed by atoms with Gasteiger partial charge in [0.2, 0.25) is 29.7 Å².